The molecule has 15 heavy (non-hydrogen) atoms. The van der Waals surface area contributed by atoms with Crippen molar-refractivity contribution in [1.82, 2.24) is 5.43 Å². The first kappa shape index (κ1) is 10.2. The van der Waals surface area contributed by atoms with Crippen LogP contribution in [0.1, 0.15) is 12.2 Å². The number of nitrogens with zero attached hydrogens (tertiary/aromatic N) is 1. The first-order valence-corrected chi connectivity index (χ1v) is 6.50. The first-order valence-electron chi connectivity index (χ1n) is 4.68. The predicted octanol–water partition coefficient (Wildman–Crippen LogP) is 0.390. The summed E-state index contributed by atoms with van der Waals surface area (Å²) in [6.07, 6.45) is 3.71. The van der Waals surface area contributed by atoms with Crippen LogP contribution in [0, 0.1) is 0 Å². The number of hydrogen-bond donors (Lipinski definition) is 1. The monoisotopic (exact) mass is 228 g/mol. The van der Waals surface area contributed by atoms with E-state index in [-0.39, 0.29) is 17.5 Å². The fourth-order valence-corrected chi connectivity index (χ4v) is 3.13. The first-order chi connectivity index (χ1) is 7.16. The molecule has 1 aromatic rings. The Morgan fingerprint density at radius 1 is 1.60 bits per heavy atom. The zero-order chi connectivity index (χ0) is 10.7. The summed E-state index contributed by atoms with van der Waals surface area (Å²) in [5.41, 5.74) is 2.81. The third-order valence-corrected chi connectivity index (χ3v) is 3.99. The topological polar surface area (TPSA) is 71.7 Å². The van der Waals surface area contributed by atoms with E-state index >= 15 is 0 Å². The highest BCUT2D eigenvalue weighted by molar-refractivity contribution is 7.91. The number of sulfone groups is 1. The molecule has 2 rings (SSSR count). The van der Waals surface area contributed by atoms with Crippen molar-refractivity contribution in [3.63, 3.8) is 0 Å². The zero-order valence-corrected chi connectivity index (χ0v) is 8.90. The molecule has 0 aromatic carbocycles. The highest BCUT2D eigenvalue weighted by Crippen LogP contribution is 2.10. The maximum atomic E-state index is 11.1. The Morgan fingerprint density at radius 3 is 3.07 bits per heavy atom. The molecule has 1 atom stereocenters. The third-order valence-electron chi connectivity index (χ3n) is 2.22. The van der Waals surface area contributed by atoms with Crippen molar-refractivity contribution in [3.05, 3.63) is 24.2 Å². The standard InChI is InChI=1S/C9H12N2O3S/c12-15(13)5-3-8(7-15)11-10-6-9-2-1-4-14-9/h1-2,4,6,8,11H,3,5,7H2. The summed E-state index contributed by atoms with van der Waals surface area (Å²) in [7, 11) is -2.84. The molecule has 1 aromatic heterocycles. The van der Waals surface area contributed by atoms with Crippen molar-refractivity contribution in [2.45, 2.75) is 12.5 Å². The minimum Gasteiger partial charge on any atom is -0.463 e. The lowest BCUT2D eigenvalue weighted by Crippen LogP contribution is -2.25. The quantitative estimate of drug-likeness (QED) is 0.600. The minimum atomic E-state index is -2.84. The number of nitrogens with one attached hydrogen (secondary N) is 1. The molecule has 1 unspecified atom stereocenters. The van der Waals surface area contributed by atoms with Crippen molar-refractivity contribution >= 4 is 16.1 Å². The summed E-state index contributed by atoms with van der Waals surface area (Å²) >= 11 is 0. The Labute approximate surface area is 88.1 Å². The molecule has 0 amide bonds. The fraction of sp³-hybridized carbons (Fsp3) is 0.444. The number of furan rings is 1. The number of hydrogen-bond acceptors (Lipinski definition) is 5. The molecule has 1 saturated heterocycles. The van der Waals surface area contributed by atoms with Crippen LogP contribution in [0.25, 0.3) is 0 Å². The Balaban J connectivity index is 1.85. The van der Waals surface area contributed by atoms with Gasteiger partial charge in [-0.3, -0.25) is 0 Å². The molecule has 5 nitrogen and oxygen atoms in total. The fourth-order valence-electron chi connectivity index (χ4n) is 1.47. The summed E-state index contributed by atoms with van der Waals surface area (Å²) in [5.74, 6) is 1.06. The SMILES string of the molecule is O=S1(=O)CCC(NN=Cc2ccco2)C1. The largest absolute Gasteiger partial charge is 0.463 e. The van der Waals surface area contributed by atoms with E-state index in [1.54, 1.807) is 18.4 Å². The second-order valence-corrected chi connectivity index (χ2v) is 5.73. The molecule has 0 spiro atoms. The van der Waals surface area contributed by atoms with Crippen molar-refractivity contribution in [1.29, 1.82) is 0 Å². The van der Waals surface area contributed by atoms with Crippen LogP contribution in [0.5, 0.6) is 0 Å². The average Bonchev–Trinajstić information content (AvgIpc) is 2.76. The highest BCUT2D eigenvalue weighted by Gasteiger charge is 2.27. The Hall–Kier alpha value is -1.30. The molecule has 1 N–H and O–H groups in total. The van der Waals surface area contributed by atoms with Crippen LogP contribution >= 0.6 is 0 Å². The summed E-state index contributed by atoms with van der Waals surface area (Å²) in [6, 6.07) is 3.47. The molecule has 6 heteroatoms. The van der Waals surface area contributed by atoms with Crippen molar-refractivity contribution in [3.8, 4) is 0 Å². The maximum Gasteiger partial charge on any atom is 0.152 e. The van der Waals surface area contributed by atoms with Crippen LogP contribution in [-0.4, -0.2) is 32.2 Å². The molecule has 1 aliphatic heterocycles. The van der Waals surface area contributed by atoms with E-state index in [1.807, 2.05) is 0 Å². The zero-order valence-electron chi connectivity index (χ0n) is 8.09. The highest BCUT2D eigenvalue weighted by atomic mass is 32.2. The third kappa shape index (κ3) is 2.82. The van der Waals surface area contributed by atoms with E-state index in [0.717, 1.165) is 0 Å². The minimum absolute atomic E-state index is 0.0683. The van der Waals surface area contributed by atoms with Gasteiger partial charge in [0, 0.05) is 0 Å². The Kier molecular flexibility index (Phi) is 2.77. The number of hydrazone groups is 1. The smallest absolute Gasteiger partial charge is 0.152 e. The van der Waals surface area contributed by atoms with E-state index in [0.29, 0.717) is 12.2 Å². The lowest BCUT2D eigenvalue weighted by Gasteiger charge is -2.04. The summed E-state index contributed by atoms with van der Waals surface area (Å²) in [4.78, 5) is 0. The van der Waals surface area contributed by atoms with Crippen LogP contribution in [0.15, 0.2) is 27.9 Å². The summed E-state index contributed by atoms with van der Waals surface area (Å²) in [6.45, 7) is 0. The molecule has 82 valence electrons. The van der Waals surface area contributed by atoms with E-state index in [2.05, 4.69) is 10.5 Å². The lowest BCUT2D eigenvalue weighted by atomic mass is 10.3. The van der Waals surface area contributed by atoms with E-state index < -0.39 is 9.84 Å². The van der Waals surface area contributed by atoms with Gasteiger partial charge in [0.15, 0.2) is 9.84 Å². The van der Waals surface area contributed by atoms with Crippen LogP contribution in [-0.2, 0) is 9.84 Å². The molecule has 0 radical (unpaired) electrons. The molecule has 0 saturated carbocycles. The van der Waals surface area contributed by atoms with Gasteiger partial charge in [-0.1, -0.05) is 0 Å². The summed E-state index contributed by atoms with van der Waals surface area (Å²) < 4.78 is 27.3. The number of rotatable bonds is 3. The molecule has 2 heterocycles. The normalized spacial score (nSPS) is 24.7. The van der Waals surface area contributed by atoms with Gasteiger partial charge in [0.1, 0.15) is 5.76 Å². The van der Waals surface area contributed by atoms with Gasteiger partial charge in [-0.2, -0.15) is 5.10 Å². The van der Waals surface area contributed by atoms with Gasteiger partial charge >= 0.3 is 0 Å². The van der Waals surface area contributed by atoms with Crippen LogP contribution < -0.4 is 5.43 Å². The Bertz CT molecular complexity index is 436. The van der Waals surface area contributed by atoms with Crippen LogP contribution in [0.3, 0.4) is 0 Å². The molecular weight excluding hydrogens is 216 g/mol. The maximum absolute atomic E-state index is 11.1. The second kappa shape index (κ2) is 4.06. The summed E-state index contributed by atoms with van der Waals surface area (Å²) in [5, 5.41) is 3.93. The van der Waals surface area contributed by atoms with Gasteiger partial charge in [-0.15, -0.1) is 0 Å². The van der Waals surface area contributed by atoms with Gasteiger partial charge in [-0.05, 0) is 18.6 Å². The van der Waals surface area contributed by atoms with Crippen molar-refractivity contribution < 1.29 is 12.8 Å². The van der Waals surface area contributed by atoms with Crippen LogP contribution in [0.2, 0.25) is 0 Å². The van der Waals surface area contributed by atoms with E-state index in [4.69, 9.17) is 4.42 Å². The molecule has 0 bridgehead atoms. The molecule has 0 aliphatic carbocycles. The van der Waals surface area contributed by atoms with Gasteiger partial charge in [0.05, 0.1) is 30.0 Å². The van der Waals surface area contributed by atoms with Crippen molar-refractivity contribution in [2.75, 3.05) is 11.5 Å². The van der Waals surface area contributed by atoms with E-state index in [1.165, 1.54) is 6.21 Å². The van der Waals surface area contributed by atoms with Gasteiger partial charge < -0.3 is 9.84 Å². The van der Waals surface area contributed by atoms with Crippen molar-refractivity contribution in [2.24, 2.45) is 5.10 Å². The van der Waals surface area contributed by atoms with Gasteiger partial charge in [0.25, 0.3) is 0 Å². The molecular formula is C9H12N2O3S. The van der Waals surface area contributed by atoms with Gasteiger partial charge in [-0.25, -0.2) is 8.42 Å². The second-order valence-electron chi connectivity index (χ2n) is 3.50. The van der Waals surface area contributed by atoms with Crippen LogP contribution in [0.4, 0.5) is 0 Å². The molecule has 1 fully saturated rings. The Morgan fingerprint density at radius 2 is 2.47 bits per heavy atom. The average molecular weight is 228 g/mol. The molecule has 1 aliphatic rings. The van der Waals surface area contributed by atoms with E-state index in [9.17, 15) is 8.42 Å². The van der Waals surface area contributed by atoms with Gasteiger partial charge in [0.2, 0.25) is 0 Å². The predicted molar refractivity (Wildman–Crippen MR) is 56.5 cm³/mol. The lowest BCUT2D eigenvalue weighted by molar-refractivity contribution is 0.553.